The van der Waals surface area contributed by atoms with E-state index < -0.39 is 0 Å². The zero-order valence-electron chi connectivity index (χ0n) is 10.1. The lowest BCUT2D eigenvalue weighted by atomic mass is 9.93. The Morgan fingerprint density at radius 1 is 1.21 bits per heavy atom. The predicted molar refractivity (Wildman–Crippen MR) is 62.6 cm³/mol. The minimum atomic E-state index is 0.826. The van der Waals surface area contributed by atoms with Crippen LogP contribution in [0.5, 0.6) is 0 Å². The molecule has 2 unspecified atom stereocenters. The Morgan fingerprint density at radius 2 is 1.86 bits per heavy atom. The fourth-order valence-electron chi connectivity index (χ4n) is 2.41. The van der Waals surface area contributed by atoms with Crippen molar-refractivity contribution in [3.63, 3.8) is 0 Å². The van der Waals surface area contributed by atoms with Crippen molar-refractivity contribution in [1.29, 1.82) is 0 Å². The van der Waals surface area contributed by atoms with Crippen LogP contribution in [0.1, 0.15) is 40.0 Å². The van der Waals surface area contributed by atoms with E-state index in [0.29, 0.717) is 0 Å². The van der Waals surface area contributed by atoms with E-state index in [2.05, 4.69) is 31.0 Å². The monoisotopic (exact) mass is 198 g/mol. The summed E-state index contributed by atoms with van der Waals surface area (Å²) in [5, 5.41) is 3.43. The summed E-state index contributed by atoms with van der Waals surface area (Å²) in [4.78, 5) is 2.69. The van der Waals surface area contributed by atoms with Crippen LogP contribution in [0.25, 0.3) is 0 Å². The van der Waals surface area contributed by atoms with Crippen LogP contribution in [-0.2, 0) is 0 Å². The second-order valence-corrected chi connectivity index (χ2v) is 4.53. The molecule has 2 atom stereocenters. The highest BCUT2D eigenvalue weighted by Crippen LogP contribution is 2.19. The first-order chi connectivity index (χ1) is 6.79. The van der Waals surface area contributed by atoms with Crippen LogP contribution >= 0.6 is 0 Å². The Morgan fingerprint density at radius 3 is 2.36 bits per heavy atom. The van der Waals surface area contributed by atoms with Crippen LogP contribution in [0.4, 0.5) is 0 Å². The molecule has 0 spiro atoms. The molecule has 0 saturated carbocycles. The fourth-order valence-corrected chi connectivity index (χ4v) is 2.41. The quantitative estimate of drug-likeness (QED) is 0.728. The van der Waals surface area contributed by atoms with E-state index in [-0.39, 0.29) is 0 Å². The molecule has 0 aromatic carbocycles. The van der Waals surface area contributed by atoms with Gasteiger partial charge in [-0.25, -0.2) is 0 Å². The number of hydrogen-bond donors (Lipinski definition) is 1. The van der Waals surface area contributed by atoms with Gasteiger partial charge in [-0.15, -0.1) is 0 Å². The summed E-state index contributed by atoms with van der Waals surface area (Å²) in [5.41, 5.74) is 0. The summed E-state index contributed by atoms with van der Waals surface area (Å²) in [5.74, 6) is 0.855. The number of hydrogen-bond acceptors (Lipinski definition) is 2. The van der Waals surface area contributed by atoms with Crippen LogP contribution < -0.4 is 5.32 Å². The van der Waals surface area contributed by atoms with Crippen molar-refractivity contribution >= 4 is 0 Å². The van der Waals surface area contributed by atoms with Crippen molar-refractivity contribution in [3.8, 4) is 0 Å². The number of nitrogens with one attached hydrogen (secondary N) is 1. The van der Waals surface area contributed by atoms with Crippen LogP contribution in [-0.4, -0.2) is 37.1 Å². The molecular formula is C12H26N2. The molecule has 1 saturated heterocycles. The number of piperazine rings is 1. The summed E-state index contributed by atoms with van der Waals surface area (Å²) in [6.45, 7) is 11.9. The highest BCUT2D eigenvalue weighted by Gasteiger charge is 2.23. The standard InChI is InChI=1S/C12H26N2/c1-4-6-12(11(3)5-2)14-9-7-13-8-10-14/h11-13H,4-10H2,1-3H3. The highest BCUT2D eigenvalue weighted by molar-refractivity contribution is 4.79. The molecule has 0 aliphatic carbocycles. The van der Waals surface area contributed by atoms with Gasteiger partial charge in [0.1, 0.15) is 0 Å². The van der Waals surface area contributed by atoms with Crippen molar-refractivity contribution in [2.75, 3.05) is 26.2 Å². The first-order valence-corrected chi connectivity index (χ1v) is 6.24. The highest BCUT2D eigenvalue weighted by atomic mass is 15.2. The molecule has 84 valence electrons. The Bertz CT molecular complexity index is 141. The molecule has 14 heavy (non-hydrogen) atoms. The normalized spacial score (nSPS) is 23.4. The molecule has 0 aromatic heterocycles. The molecule has 1 aliphatic rings. The zero-order chi connectivity index (χ0) is 10.4. The van der Waals surface area contributed by atoms with Crippen LogP contribution in [0.15, 0.2) is 0 Å². The third-order valence-electron chi connectivity index (χ3n) is 3.51. The lowest BCUT2D eigenvalue weighted by molar-refractivity contribution is 0.120. The lowest BCUT2D eigenvalue weighted by Gasteiger charge is -2.38. The topological polar surface area (TPSA) is 15.3 Å². The van der Waals surface area contributed by atoms with Gasteiger partial charge in [0.25, 0.3) is 0 Å². The molecule has 1 aliphatic heterocycles. The molecular weight excluding hydrogens is 172 g/mol. The Hall–Kier alpha value is -0.0800. The van der Waals surface area contributed by atoms with E-state index >= 15 is 0 Å². The fraction of sp³-hybridized carbons (Fsp3) is 1.00. The maximum absolute atomic E-state index is 3.43. The summed E-state index contributed by atoms with van der Waals surface area (Å²) < 4.78 is 0. The van der Waals surface area contributed by atoms with Crippen LogP contribution in [0.3, 0.4) is 0 Å². The van der Waals surface area contributed by atoms with Gasteiger partial charge in [-0.2, -0.15) is 0 Å². The van der Waals surface area contributed by atoms with Crippen molar-refractivity contribution in [3.05, 3.63) is 0 Å². The largest absolute Gasteiger partial charge is 0.314 e. The average molecular weight is 198 g/mol. The molecule has 1 rings (SSSR count). The van der Waals surface area contributed by atoms with E-state index in [1.165, 1.54) is 45.4 Å². The summed E-state index contributed by atoms with van der Waals surface area (Å²) in [6.07, 6.45) is 4.00. The first-order valence-electron chi connectivity index (χ1n) is 6.24. The molecule has 1 heterocycles. The molecule has 0 radical (unpaired) electrons. The van der Waals surface area contributed by atoms with Crippen LogP contribution in [0.2, 0.25) is 0 Å². The Balaban J connectivity index is 2.46. The van der Waals surface area contributed by atoms with Gasteiger partial charge < -0.3 is 5.32 Å². The third-order valence-corrected chi connectivity index (χ3v) is 3.51. The molecule has 0 bridgehead atoms. The van der Waals surface area contributed by atoms with Gasteiger partial charge in [0, 0.05) is 32.2 Å². The molecule has 0 amide bonds. The maximum atomic E-state index is 3.43. The van der Waals surface area contributed by atoms with Gasteiger partial charge in [0.05, 0.1) is 0 Å². The van der Waals surface area contributed by atoms with Gasteiger partial charge in [-0.05, 0) is 12.3 Å². The van der Waals surface area contributed by atoms with Crippen molar-refractivity contribution in [1.82, 2.24) is 10.2 Å². The van der Waals surface area contributed by atoms with E-state index in [9.17, 15) is 0 Å². The minimum absolute atomic E-state index is 0.826. The lowest BCUT2D eigenvalue weighted by Crippen LogP contribution is -2.50. The number of nitrogens with zero attached hydrogens (tertiary/aromatic N) is 1. The summed E-state index contributed by atoms with van der Waals surface area (Å²) in [6, 6.07) is 0.826. The first kappa shape index (κ1) is 12.0. The molecule has 1 N–H and O–H groups in total. The van der Waals surface area contributed by atoms with Gasteiger partial charge >= 0.3 is 0 Å². The Labute approximate surface area is 89.1 Å². The van der Waals surface area contributed by atoms with Crippen molar-refractivity contribution in [2.24, 2.45) is 5.92 Å². The van der Waals surface area contributed by atoms with Gasteiger partial charge in [-0.1, -0.05) is 33.6 Å². The third kappa shape index (κ3) is 3.25. The molecule has 1 fully saturated rings. The second-order valence-electron chi connectivity index (χ2n) is 4.53. The van der Waals surface area contributed by atoms with Crippen molar-refractivity contribution < 1.29 is 0 Å². The molecule has 0 aromatic rings. The average Bonchev–Trinajstić information content (AvgIpc) is 2.26. The van der Waals surface area contributed by atoms with Gasteiger partial charge in [0.2, 0.25) is 0 Å². The maximum Gasteiger partial charge on any atom is 0.0122 e. The molecule has 2 nitrogen and oxygen atoms in total. The van der Waals surface area contributed by atoms with E-state index in [1.54, 1.807) is 0 Å². The number of rotatable bonds is 5. The van der Waals surface area contributed by atoms with E-state index in [1.807, 2.05) is 0 Å². The molecule has 2 heteroatoms. The zero-order valence-corrected chi connectivity index (χ0v) is 10.1. The summed E-state index contributed by atoms with van der Waals surface area (Å²) >= 11 is 0. The Kier molecular flexibility index (Phi) is 5.49. The van der Waals surface area contributed by atoms with Crippen molar-refractivity contribution in [2.45, 2.75) is 46.1 Å². The smallest absolute Gasteiger partial charge is 0.0122 e. The van der Waals surface area contributed by atoms with E-state index in [0.717, 1.165) is 12.0 Å². The SMILES string of the molecule is CCCC(C(C)CC)N1CCNCC1. The summed E-state index contributed by atoms with van der Waals surface area (Å²) in [7, 11) is 0. The van der Waals surface area contributed by atoms with Gasteiger partial charge in [-0.3, -0.25) is 4.90 Å². The van der Waals surface area contributed by atoms with E-state index in [4.69, 9.17) is 0 Å². The minimum Gasteiger partial charge on any atom is -0.314 e. The predicted octanol–water partition coefficient (Wildman–Crippen LogP) is 2.11. The van der Waals surface area contributed by atoms with Gasteiger partial charge in [0.15, 0.2) is 0 Å². The van der Waals surface area contributed by atoms with Crippen LogP contribution in [0, 0.1) is 5.92 Å². The second kappa shape index (κ2) is 6.41.